The van der Waals surface area contributed by atoms with Crippen LogP contribution in [0.1, 0.15) is 28.1 Å². The van der Waals surface area contributed by atoms with Crippen LogP contribution in [0.4, 0.5) is 0 Å². The zero-order chi connectivity index (χ0) is 18.0. The van der Waals surface area contributed by atoms with E-state index in [0.717, 1.165) is 22.5 Å². The molecule has 0 bridgehead atoms. The Labute approximate surface area is 153 Å². The molecule has 0 amide bonds. The smallest absolute Gasteiger partial charge is 0.0998 e. The Kier molecular flexibility index (Phi) is 4.79. The number of allylic oxidation sites excluding steroid dienone is 1. The number of hydrogen-bond donors (Lipinski definition) is 0. The normalized spacial score (nSPS) is 11.4. The van der Waals surface area contributed by atoms with E-state index in [-0.39, 0.29) is 0 Å². The van der Waals surface area contributed by atoms with Gasteiger partial charge in [0, 0.05) is 22.1 Å². The van der Waals surface area contributed by atoms with Crippen LogP contribution < -0.4 is 0 Å². The van der Waals surface area contributed by atoms with Crippen molar-refractivity contribution in [3.05, 3.63) is 87.7 Å². The molecular weight excluding hydrogens is 328 g/mol. The van der Waals surface area contributed by atoms with Crippen molar-refractivity contribution in [2.24, 2.45) is 0 Å². The van der Waals surface area contributed by atoms with E-state index >= 15 is 0 Å². The predicted molar refractivity (Wildman–Crippen MR) is 105 cm³/mol. The van der Waals surface area contributed by atoms with Gasteiger partial charge in [0.2, 0.25) is 0 Å². The number of nitriles is 1. The van der Waals surface area contributed by atoms with Crippen LogP contribution in [0.15, 0.2) is 54.6 Å². The molecule has 0 saturated heterocycles. The fourth-order valence-corrected chi connectivity index (χ4v) is 3.30. The van der Waals surface area contributed by atoms with Gasteiger partial charge in [-0.25, -0.2) is 0 Å². The minimum atomic E-state index is 0.604. The quantitative estimate of drug-likeness (QED) is 0.525. The van der Waals surface area contributed by atoms with Crippen LogP contribution >= 0.6 is 11.6 Å². The second kappa shape index (κ2) is 7.01. The van der Waals surface area contributed by atoms with Crippen LogP contribution in [0.5, 0.6) is 0 Å². The first kappa shape index (κ1) is 17.1. The molecule has 2 nitrogen and oxygen atoms in total. The molecule has 0 aliphatic carbocycles. The third-order valence-corrected chi connectivity index (χ3v) is 4.62. The van der Waals surface area contributed by atoms with Crippen LogP contribution in [0.25, 0.3) is 17.3 Å². The lowest BCUT2D eigenvalue weighted by Crippen LogP contribution is -2.01. The molecule has 0 atom stereocenters. The first-order valence-corrected chi connectivity index (χ1v) is 8.51. The molecule has 0 radical (unpaired) electrons. The molecular formula is C22H19ClN2. The number of halogens is 1. The molecule has 25 heavy (non-hydrogen) atoms. The van der Waals surface area contributed by atoms with Gasteiger partial charge in [-0.2, -0.15) is 5.26 Å². The lowest BCUT2D eigenvalue weighted by molar-refractivity contribution is 0.954. The van der Waals surface area contributed by atoms with E-state index < -0.39 is 0 Å². The van der Waals surface area contributed by atoms with E-state index in [9.17, 15) is 5.26 Å². The highest BCUT2D eigenvalue weighted by Crippen LogP contribution is 2.27. The zero-order valence-electron chi connectivity index (χ0n) is 14.5. The molecule has 0 unspecified atom stereocenters. The van der Waals surface area contributed by atoms with Gasteiger partial charge in [-0.1, -0.05) is 41.9 Å². The third-order valence-electron chi connectivity index (χ3n) is 4.38. The summed E-state index contributed by atoms with van der Waals surface area (Å²) in [7, 11) is 0. The maximum atomic E-state index is 9.59. The average Bonchev–Trinajstić information content (AvgIpc) is 2.87. The monoisotopic (exact) mass is 346 g/mol. The maximum Gasteiger partial charge on any atom is 0.0998 e. The SMILES string of the molecule is Cc1ccccc1-n1c(C)cc(/C=C(/C#N)c2cccc(Cl)c2)c1C. The molecule has 0 spiro atoms. The van der Waals surface area contributed by atoms with Crippen molar-refractivity contribution in [2.75, 3.05) is 0 Å². The fraction of sp³-hybridized carbons (Fsp3) is 0.136. The third kappa shape index (κ3) is 3.38. The minimum Gasteiger partial charge on any atom is -0.318 e. The van der Waals surface area contributed by atoms with Crippen molar-refractivity contribution in [3.63, 3.8) is 0 Å². The summed E-state index contributed by atoms with van der Waals surface area (Å²) in [6, 6.07) is 20.1. The topological polar surface area (TPSA) is 28.7 Å². The van der Waals surface area contributed by atoms with E-state index in [4.69, 9.17) is 11.6 Å². The second-order valence-electron chi connectivity index (χ2n) is 6.13. The number of aromatic nitrogens is 1. The first-order chi connectivity index (χ1) is 12.0. The van der Waals surface area contributed by atoms with E-state index in [1.54, 1.807) is 0 Å². The van der Waals surface area contributed by atoms with Crippen LogP contribution in [0.3, 0.4) is 0 Å². The molecule has 0 N–H and O–H groups in total. The van der Waals surface area contributed by atoms with Gasteiger partial charge in [0.25, 0.3) is 0 Å². The Bertz CT molecular complexity index is 1000. The van der Waals surface area contributed by atoms with Gasteiger partial charge in [-0.15, -0.1) is 0 Å². The van der Waals surface area contributed by atoms with E-state index in [1.807, 2.05) is 42.5 Å². The van der Waals surface area contributed by atoms with Gasteiger partial charge in [0.15, 0.2) is 0 Å². The van der Waals surface area contributed by atoms with E-state index in [1.165, 1.54) is 11.3 Å². The average molecular weight is 347 g/mol. The standard InChI is InChI=1S/C22H19ClN2/c1-15-7-4-5-10-22(15)25-16(2)11-19(17(25)3)12-20(14-24)18-8-6-9-21(23)13-18/h4-13H,1-3H3/b20-12-. The van der Waals surface area contributed by atoms with Crippen LogP contribution in [0, 0.1) is 32.1 Å². The minimum absolute atomic E-state index is 0.604. The molecule has 0 saturated carbocycles. The van der Waals surface area contributed by atoms with E-state index in [0.29, 0.717) is 10.6 Å². The fourth-order valence-electron chi connectivity index (χ4n) is 3.11. The molecule has 0 fully saturated rings. The molecule has 1 aromatic heterocycles. The summed E-state index contributed by atoms with van der Waals surface area (Å²) in [5.41, 5.74) is 7.11. The second-order valence-corrected chi connectivity index (χ2v) is 6.56. The highest BCUT2D eigenvalue weighted by molar-refractivity contribution is 6.30. The molecule has 3 heteroatoms. The lowest BCUT2D eigenvalue weighted by atomic mass is 10.0. The Balaban J connectivity index is 2.12. The Morgan fingerprint density at radius 2 is 1.80 bits per heavy atom. The van der Waals surface area contributed by atoms with Crippen molar-refractivity contribution in [1.29, 1.82) is 5.26 Å². The van der Waals surface area contributed by atoms with Gasteiger partial charge < -0.3 is 4.57 Å². The summed E-state index contributed by atoms with van der Waals surface area (Å²) in [6.45, 7) is 6.27. The highest BCUT2D eigenvalue weighted by Gasteiger charge is 2.12. The number of para-hydroxylation sites is 1. The van der Waals surface area contributed by atoms with Gasteiger partial charge in [-0.3, -0.25) is 0 Å². The van der Waals surface area contributed by atoms with Crippen molar-refractivity contribution < 1.29 is 0 Å². The molecule has 3 rings (SSSR count). The van der Waals surface area contributed by atoms with Gasteiger partial charge >= 0.3 is 0 Å². The Morgan fingerprint density at radius 3 is 2.48 bits per heavy atom. The number of aryl methyl sites for hydroxylation is 2. The summed E-state index contributed by atoms with van der Waals surface area (Å²) in [6.07, 6.45) is 1.93. The van der Waals surface area contributed by atoms with Gasteiger partial charge in [0.1, 0.15) is 0 Å². The molecule has 2 aromatic carbocycles. The van der Waals surface area contributed by atoms with Crippen LogP contribution in [0.2, 0.25) is 5.02 Å². The van der Waals surface area contributed by atoms with Crippen molar-refractivity contribution in [1.82, 2.24) is 4.57 Å². The summed E-state index contributed by atoms with van der Waals surface area (Å²) < 4.78 is 2.23. The lowest BCUT2D eigenvalue weighted by Gasteiger charge is -2.12. The molecule has 3 aromatic rings. The summed E-state index contributed by atoms with van der Waals surface area (Å²) in [4.78, 5) is 0. The van der Waals surface area contributed by atoms with Gasteiger partial charge in [0.05, 0.1) is 11.6 Å². The Morgan fingerprint density at radius 1 is 1.04 bits per heavy atom. The highest BCUT2D eigenvalue weighted by atomic mass is 35.5. The first-order valence-electron chi connectivity index (χ1n) is 8.14. The zero-order valence-corrected chi connectivity index (χ0v) is 15.3. The Hall–Kier alpha value is -2.76. The maximum absolute atomic E-state index is 9.59. The van der Waals surface area contributed by atoms with Crippen LogP contribution in [-0.4, -0.2) is 4.57 Å². The largest absolute Gasteiger partial charge is 0.318 e. The summed E-state index contributed by atoms with van der Waals surface area (Å²) in [5, 5.41) is 10.2. The molecule has 0 aliphatic rings. The predicted octanol–water partition coefficient (Wildman–Crippen LogP) is 6.12. The van der Waals surface area contributed by atoms with Crippen LogP contribution in [-0.2, 0) is 0 Å². The molecule has 124 valence electrons. The number of hydrogen-bond acceptors (Lipinski definition) is 1. The molecule has 0 aliphatic heterocycles. The number of nitrogens with zero attached hydrogens (tertiary/aromatic N) is 2. The van der Waals surface area contributed by atoms with E-state index in [2.05, 4.69) is 49.6 Å². The number of benzene rings is 2. The summed E-state index contributed by atoms with van der Waals surface area (Å²) >= 11 is 6.07. The van der Waals surface area contributed by atoms with Crippen molar-refractivity contribution in [2.45, 2.75) is 20.8 Å². The number of rotatable bonds is 3. The molecule has 1 heterocycles. The summed E-state index contributed by atoms with van der Waals surface area (Å²) in [5.74, 6) is 0. The van der Waals surface area contributed by atoms with Crippen molar-refractivity contribution in [3.8, 4) is 11.8 Å². The van der Waals surface area contributed by atoms with Gasteiger partial charge in [-0.05, 0) is 67.8 Å². The van der Waals surface area contributed by atoms with Crippen molar-refractivity contribution >= 4 is 23.3 Å².